The molecule has 1 amide bonds. The Balaban J connectivity index is 2.21. The maximum Gasteiger partial charge on any atom is 0.245 e. The number of piperazine rings is 1. The zero-order valence-corrected chi connectivity index (χ0v) is 12.6. The lowest BCUT2D eigenvalue weighted by atomic mass is 10.1. The Labute approximate surface area is 119 Å². The van der Waals surface area contributed by atoms with Crippen LogP contribution in [0.5, 0.6) is 0 Å². The number of carbonyl (C=O) groups is 1. The van der Waals surface area contributed by atoms with Gasteiger partial charge < -0.3 is 10.2 Å². The highest BCUT2D eigenvalue weighted by Crippen LogP contribution is 2.27. The highest BCUT2D eigenvalue weighted by atomic mass is 32.1. The first kappa shape index (κ1) is 14.5. The first-order valence-electron chi connectivity index (χ1n) is 7.04. The molecule has 1 saturated heterocycles. The summed E-state index contributed by atoms with van der Waals surface area (Å²) in [7, 11) is 0. The van der Waals surface area contributed by atoms with E-state index in [0.717, 1.165) is 39.3 Å². The number of likely N-dealkylation sites (N-methyl/N-ethyl adjacent to an activating group) is 1. The largest absolute Gasteiger partial charge is 0.342 e. The minimum Gasteiger partial charge on any atom is -0.342 e. The van der Waals surface area contributed by atoms with Gasteiger partial charge in [-0.3, -0.25) is 9.69 Å². The smallest absolute Gasteiger partial charge is 0.245 e. The highest BCUT2D eigenvalue weighted by Gasteiger charge is 2.31. The third-order valence-electron chi connectivity index (χ3n) is 3.64. The van der Waals surface area contributed by atoms with E-state index in [4.69, 9.17) is 0 Å². The van der Waals surface area contributed by atoms with E-state index >= 15 is 0 Å². The van der Waals surface area contributed by atoms with Gasteiger partial charge in [0.15, 0.2) is 0 Å². The molecule has 0 radical (unpaired) electrons. The number of hydrogen-bond acceptors (Lipinski definition) is 4. The van der Waals surface area contributed by atoms with Crippen molar-refractivity contribution in [1.82, 2.24) is 15.1 Å². The third-order valence-corrected chi connectivity index (χ3v) is 4.56. The van der Waals surface area contributed by atoms with E-state index in [1.165, 1.54) is 4.88 Å². The van der Waals surface area contributed by atoms with Crippen molar-refractivity contribution in [3.63, 3.8) is 0 Å². The Bertz CT molecular complexity index is 383. The lowest BCUT2D eigenvalue weighted by Crippen LogP contribution is -2.50. The topological polar surface area (TPSA) is 35.6 Å². The van der Waals surface area contributed by atoms with Crippen LogP contribution in [-0.4, -0.2) is 55.0 Å². The molecular weight excluding hydrogens is 258 g/mol. The van der Waals surface area contributed by atoms with Gasteiger partial charge in [0.1, 0.15) is 6.04 Å². The third kappa shape index (κ3) is 3.35. The van der Waals surface area contributed by atoms with E-state index < -0.39 is 0 Å². The Hall–Kier alpha value is -0.910. The van der Waals surface area contributed by atoms with Gasteiger partial charge in [-0.1, -0.05) is 6.07 Å². The number of nitrogens with one attached hydrogen (secondary N) is 1. The van der Waals surface area contributed by atoms with Gasteiger partial charge in [-0.25, -0.2) is 0 Å². The second kappa shape index (κ2) is 7.03. The minimum absolute atomic E-state index is 0.0954. The molecule has 106 valence electrons. The summed E-state index contributed by atoms with van der Waals surface area (Å²) in [5, 5.41) is 5.40. The summed E-state index contributed by atoms with van der Waals surface area (Å²) in [6, 6.07) is 4.02. The van der Waals surface area contributed by atoms with Gasteiger partial charge in [0.05, 0.1) is 0 Å². The van der Waals surface area contributed by atoms with Crippen LogP contribution in [0.25, 0.3) is 0 Å². The fourth-order valence-corrected chi connectivity index (χ4v) is 3.40. The van der Waals surface area contributed by atoms with E-state index in [-0.39, 0.29) is 11.9 Å². The first-order chi connectivity index (χ1) is 9.27. The molecule has 0 bridgehead atoms. The molecule has 0 spiro atoms. The summed E-state index contributed by atoms with van der Waals surface area (Å²) in [6.45, 7) is 9.47. The van der Waals surface area contributed by atoms with Crippen LogP contribution < -0.4 is 5.32 Å². The van der Waals surface area contributed by atoms with Crippen molar-refractivity contribution in [1.29, 1.82) is 0 Å². The van der Waals surface area contributed by atoms with Crippen LogP contribution in [0.2, 0.25) is 0 Å². The molecule has 1 aromatic heterocycles. The van der Waals surface area contributed by atoms with Crippen molar-refractivity contribution in [2.75, 3.05) is 39.3 Å². The summed E-state index contributed by atoms with van der Waals surface area (Å²) in [6.07, 6.45) is 0. The standard InChI is InChI=1S/C14H23N3OS/c1-3-16(4-2)14(18)13(12-6-5-11-19-12)17-9-7-15-8-10-17/h5-6,11,13,15H,3-4,7-10H2,1-2H3. The molecule has 0 aromatic carbocycles. The van der Waals surface area contributed by atoms with Crippen LogP contribution in [0.3, 0.4) is 0 Å². The Morgan fingerprint density at radius 2 is 2.11 bits per heavy atom. The molecular formula is C14H23N3OS. The molecule has 1 N–H and O–H groups in total. The van der Waals surface area contributed by atoms with Gasteiger partial charge in [0.2, 0.25) is 5.91 Å². The van der Waals surface area contributed by atoms with Crippen molar-refractivity contribution in [2.45, 2.75) is 19.9 Å². The van der Waals surface area contributed by atoms with E-state index in [1.807, 2.05) is 24.8 Å². The molecule has 1 aliphatic rings. The van der Waals surface area contributed by atoms with Crippen LogP contribution in [0, 0.1) is 0 Å². The Morgan fingerprint density at radius 3 is 2.63 bits per heavy atom. The number of nitrogens with zero attached hydrogens (tertiary/aromatic N) is 2. The number of carbonyl (C=O) groups excluding carboxylic acids is 1. The van der Waals surface area contributed by atoms with Crippen molar-refractivity contribution in [3.05, 3.63) is 22.4 Å². The predicted molar refractivity (Wildman–Crippen MR) is 79.4 cm³/mol. The predicted octanol–water partition coefficient (Wildman–Crippen LogP) is 1.56. The van der Waals surface area contributed by atoms with Gasteiger partial charge in [0.25, 0.3) is 0 Å². The van der Waals surface area contributed by atoms with Crippen LogP contribution >= 0.6 is 11.3 Å². The number of amides is 1. The zero-order valence-electron chi connectivity index (χ0n) is 11.8. The molecule has 1 fully saturated rings. The SMILES string of the molecule is CCN(CC)C(=O)C(c1cccs1)N1CCNCC1. The quantitative estimate of drug-likeness (QED) is 0.890. The second-order valence-electron chi connectivity index (χ2n) is 4.71. The van der Waals surface area contributed by atoms with Gasteiger partial charge in [-0.2, -0.15) is 0 Å². The molecule has 0 aliphatic carbocycles. The number of hydrogen-bond donors (Lipinski definition) is 1. The lowest BCUT2D eigenvalue weighted by molar-refractivity contribution is -0.137. The van der Waals surface area contributed by atoms with Crippen molar-refractivity contribution >= 4 is 17.2 Å². The average molecular weight is 281 g/mol. The van der Waals surface area contributed by atoms with E-state index in [1.54, 1.807) is 11.3 Å². The Morgan fingerprint density at radius 1 is 1.42 bits per heavy atom. The van der Waals surface area contributed by atoms with Crippen molar-refractivity contribution in [2.24, 2.45) is 0 Å². The highest BCUT2D eigenvalue weighted by molar-refractivity contribution is 7.10. The molecule has 5 heteroatoms. The molecule has 2 rings (SSSR count). The fraction of sp³-hybridized carbons (Fsp3) is 0.643. The maximum absolute atomic E-state index is 12.8. The molecule has 2 heterocycles. The van der Waals surface area contributed by atoms with Crippen LogP contribution in [-0.2, 0) is 4.79 Å². The fourth-order valence-electron chi connectivity index (χ4n) is 2.55. The van der Waals surface area contributed by atoms with E-state index in [0.29, 0.717) is 0 Å². The normalized spacial score (nSPS) is 18.2. The molecule has 19 heavy (non-hydrogen) atoms. The zero-order chi connectivity index (χ0) is 13.7. The molecule has 1 aliphatic heterocycles. The monoisotopic (exact) mass is 281 g/mol. The summed E-state index contributed by atoms with van der Waals surface area (Å²) in [5.74, 6) is 0.245. The van der Waals surface area contributed by atoms with Gasteiger partial charge >= 0.3 is 0 Å². The molecule has 1 atom stereocenters. The minimum atomic E-state index is -0.0954. The van der Waals surface area contributed by atoms with E-state index in [9.17, 15) is 4.79 Å². The molecule has 1 aromatic rings. The van der Waals surface area contributed by atoms with Gasteiger partial charge in [-0.15, -0.1) is 11.3 Å². The molecule has 0 saturated carbocycles. The second-order valence-corrected chi connectivity index (χ2v) is 5.69. The van der Waals surface area contributed by atoms with Crippen LogP contribution in [0.1, 0.15) is 24.8 Å². The van der Waals surface area contributed by atoms with Crippen LogP contribution in [0.15, 0.2) is 17.5 Å². The van der Waals surface area contributed by atoms with Gasteiger partial charge in [-0.05, 0) is 25.3 Å². The van der Waals surface area contributed by atoms with Crippen LogP contribution in [0.4, 0.5) is 0 Å². The first-order valence-corrected chi connectivity index (χ1v) is 7.92. The summed E-state index contributed by atoms with van der Waals surface area (Å²) >= 11 is 1.68. The summed E-state index contributed by atoms with van der Waals surface area (Å²) in [4.78, 5) is 18.2. The van der Waals surface area contributed by atoms with Gasteiger partial charge in [0, 0.05) is 44.1 Å². The Kier molecular flexibility index (Phi) is 5.36. The summed E-state index contributed by atoms with van der Waals surface area (Å²) in [5.41, 5.74) is 0. The number of rotatable bonds is 5. The summed E-state index contributed by atoms with van der Waals surface area (Å²) < 4.78 is 0. The maximum atomic E-state index is 12.8. The van der Waals surface area contributed by atoms with Crippen molar-refractivity contribution < 1.29 is 4.79 Å². The molecule has 1 unspecified atom stereocenters. The molecule has 4 nitrogen and oxygen atoms in total. The average Bonchev–Trinajstić information content (AvgIpc) is 2.95. The van der Waals surface area contributed by atoms with Crippen molar-refractivity contribution in [3.8, 4) is 0 Å². The van der Waals surface area contributed by atoms with E-state index in [2.05, 4.69) is 21.7 Å². The lowest BCUT2D eigenvalue weighted by Gasteiger charge is -2.36. The number of thiophene rings is 1.